The van der Waals surface area contributed by atoms with Crippen molar-refractivity contribution in [3.8, 4) is 0 Å². The van der Waals surface area contributed by atoms with Gasteiger partial charge in [0.15, 0.2) is 10.2 Å². The quantitative estimate of drug-likeness (QED) is 0.373. The number of thioether (sulfide) groups is 1. The first kappa shape index (κ1) is 24.3. The maximum absolute atomic E-state index is 12.8. The summed E-state index contributed by atoms with van der Waals surface area (Å²) in [6.45, 7) is 9.84. The monoisotopic (exact) mass is 456 g/mol. The maximum atomic E-state index is 12.8. The predicted molar refractivity (Wildman–Crippen MR) is 135 cm³/mol. The van der Waals surface area contributed by atoms with Crippen LogP contribution in [-0.4, -0.2) is 69.2 Å². The molecule has 1 fully saturated rings. The Morgan fingerprint density at radius 3 is 2.59 bits per heavy atom. The SMILES string of the molecule is CCCCC(Cc1c[nH]c2ccccc12)NC(=O)C(=N)SC(=N)N1CCN(C(C)C)CC1. The number of H-pyrrole nitrogens is 1. The molecule has 32 heavy (non-hydrogen) atoms. The van der Waals surface area contributed by atoms with Gasteiger partial charge < -0.3 is 15.2 Å². The average Bonchev–Trinajstić information content (AvgIpc) is 3.20. The van der Waals surface area contributed by atoms with Crippen molar-refractivity contribution in [2.75, 3.05) is 26.2 Å². The summed E-state index contributed by atoms with van der Waals surface area (Å²) in [6, 6.07) is 8.65. The van der Waals surface area contributed by atoms with Crippen molar-refractivity contribution >= 4 is 38.8 Å². The second kappa shape index (κ2) is 11.5. The summed E-state index contributed by atoms with van der Waals surface area (Å²) >= 11 is 0.956. The van der Waals surface area contributed by atoms with E-state index in [1.807, 2.05) is 23.2 Å². The van der Waals surface area contributed by atoms with Gasteiger partial charge in [-0.15, -0.1) is 0 Å². The van der Waals surface area contributed by atoms with Crippen LogP contribution < -0.4 is 5.32 Å². The van der Waals surface area contributed by atoms with Crippen molar-refractivity contribution in [1.82, 2.24) is 20.1 Å². The van der Waals surface area contributed by atoms with E-state index in [2.05, 4.69) is 48.1 Å². The molecule has 1 amide bonds. The highest BCUT2D eigenvalue weighted by atomic mass is 32.2. The normalized spacial score (nSPS) is 15.8. The van der Waals surface area contributed by atoms with E-state index >= 15 is 0 Å². The van der Waals surface area contributed by atoms with Gasteiger partial charge in [-0.25, -0.2) is 0 Å². The second-order valence-electron chi connectivity index (χ2n) is 8.73. The standard InChI is InChI=1S/C24H36N6OS/c1-4-5-8-19(15-18-16-27-21-10-7-6-9-20(18)21)28-23(31)22(25)32-24(26)30-13-11-29(12-14-30)17(2)3/h6-7,9-10,16-17,19,25-27H,4-5,8,11-15H2,1-3H3,(H,28,31). The van der Waals surface area contributed by atoms with E-state index in [1.54, 1.807) is 0 Å². The molecule has 174 valence electrons. The first-order valence-electron chi connectivity index (χ1n) is 11.6. The number of amidine groups is 1. The summed E-state index contributed by atoms with van der Waals surface area (Å²) in [4.78, 5) is 20.4. The third-order valence-corrected chi connectivity index (χ3v) is 6.96. The van der Waals surface area contributed by atoms with Crippen LogP contribution in [0.5, 0.6) is 0 Å². The lowest BCUT2D eigenvalue weighted by Gasteiger charge is -2.37. The molecule has 8 heteroatoms. The summed E-state index contributed by atoms with van der Waals surface area (Å²) in [7, 11) is 0. The molecule has 2 aromatic rings. The molecule has 7 nitrogen and oxygen atoms in total. The zero-order chi connectivity index (χ0) is 23.1. The van der Waals surface area contributed by atoms with E-state index in [0.717, 1.165) is 69.1 Å². The minimum absolute atomic E-state index is 0.0358. The number of carbonyl (C=O) groups is 1. The van der Waals surface area contributed by atoms with Crippen molar-refractivity contribution in [3.63, 3.8) is 0 Å². The van der Waals surface area contributed by atoms with E-state index in [-0.39, 0.29) is 22.2 Å². The number of unbranched alkanes of at least 4 members (excludes halogenated alkanes) is 1. The zero-order valence-electron chi connectivity index (χ0n) is 19.4. The average molecular weight is 457 g/mol. The number of benzene rings is 1. The fourth-order valence-electron chi connectivity index (χ4n) is 4.14. The Kier molecular flexibility index (Phi) is 8.75. The molecule has 1 saturated heterocycles. The topological polar surface area (TPSA) is 99.1 Å². The summed E-state index contributed by atoms with van der Waals surface area (Å²) in [6.07, 6.45) is 5.68. The van der Waals surface area contributed by atoms with Gasteiger partial charge >= 0.3 is 0 Å². The van der Waals surface area contributed by atoms with Gasteiger partial charge in [-0.1, -0.05) is 38.0 Å². The van der Waals surface area contributed by atoms with Crippen LogP contribution in [0.1, 0.15) is 45.6 Å². The third-order valence-electron chi connectivity index (χ3n) is 6.12. The number of fused-ring (bicyclic) bond motifs is 1. The molecule has 3 rings (SSSR count). The summed E-state index contributed by atoms with van der Waals surface area (Å²) in [5.41, 5.74) is 2.27. The van der Waals surface area contributed by atoms with E-state index in [0.29, 0.717) is 6.04 Å². The lowest BCUT2D eigenvalue weighted by Crippen LogP contribution is -2.50. The number of aromatic amines is 1. The van der Waals surface area contributed by atoms with Crippen LogP contribution in [-0.2, 0) is 11.2 Å². The first-order chi connectivity index (χ1) is 15.4. The molecule has 1 aliphatic heterocycles. The maximum Gasteiger partial charge on any atom is 0.276 e. The molecule has 1 aromatic heterocycles. The van der Waals surface area contributed by atoms with Crippen molar-refractivity contribution in [1.29, 1.82) is 10.8 Å². The van der Waals surface area contributed by atoms with E-state index in [1.165, 1.54) is 10.9 Å². The molecule has 0 saturated carbocycles. The van der Waals surface area contributed by atoms with Crippen LogP contribution in [0.15, 0.2) is 30.5 Å². The van der Waals surface area contributed by atoms with E-state index in [9.17, 15) is 4.79 Å². The summed E-state index contributed by atoms with van der Waals surface area (Å²) in [5.74, 6) is -0.387. The Balaban J connectivity index is 1.55. The van der Waals surface area contributed by atoms with Gasteiger partial charge in [-0.3, -0.25) is 20.5 Å². The molecule has 1 aromatic carbocycles. The molecule has 1 aliphatic rings. The highest BCUT2D eigenvalue weighted by Gasteiger charge is 2.24. The van der Waals surface area contributed by atoms with Gasteiger partial charge in [0.05, 0.1) is 0 Å². The van der Waals surface area contributed by atoms with Crippen LogP contribution in [0, 0.1) is 10.8 Å². The molecule has 0 bridgehead atoms. The molecule has 0 radical (unpaired) electrons. The van der Waals surface area contributed by atoms with Crippen LogP contribution in [0.2, 0.25) is 0 Å². The van der Waals surface area contributed by atoms with Gasteiger partial charge in [-0.2, -0.15) is 0 Å². The highest BCUT2D eigenvalue weighted by Crippen LogP contribution is 2.21. The second-order valence-corrected chi connectivity index (χ2v) is 9.73. The molecular weight excluding hydrogens is 420 g/mol. The van der Waals surface area contributed by atoms with Crippen molar-refractivity contribution in [2.45, 2.75) is 58.5 Å². The van der Waals surface area contributed by atoms with E-state index < -0.39 is 0 Å². The minimum Gasteiger partial charge on any atom is -0.361 e. The van der Waals surface area contributed by atoms with Crippen LogP contribution >= 0.6 is 11.8 Å². The molecule has 2 heterocycles. The number of nitrogens with one attached hydrogen (secondary N) is 4. The Morgan fingerprint density at radius 2 is 1.91 bits per heavy atom. The number of amides is 1. The number of para-hydroxylation sites is 1. The van der Waals surface area contributed by atoms with Crippen LogP contribution in [0.4, 0.5) is 0 Å². The lowest BCUT2D eigenvalue weighted by molar-refractivity contribution is -0.115. The molecule has 0 aliphatic carbocycles. The molecule has 4 N–H and O–H groups in total. The third kappa shape index (κ3) is 6.36. The van der Waals surface area contributed by atoms with Gasteiger partial charge in [0.25, 0.3) is 5.91 Å². The number of hydrogen-bond acceptors (Lipinski definition) is 5. The van der Waals surface area contributed by atoms with Gasteiger partial charge in [-0.05, 0) is 50.1 Å². The molecule has 0 spiro atoms. The number of aromatic nitrogens is 1. The van der Waals surface area contributed by atoms with Crippen molar-refractivity contribution in [2.24, 2.45) is 0 Å². The molecule has 1 unspecified atom stereocenters. The van der Waals surface area contributed by atoms with Crippen LogP contribution in [0.3, 0.4) is 0 Å². The van der Waals surface area contributed by atoms with Gasteiger partial charge in [0.1, 0.15) is 0 Å². The number of piperazine rings is 1. The number of hydrogen-bond donors (Lipinski definition) is 4. The van der Waals surface area contributed by atoms with Gasteiger partial charge in [0.2, 0.25) is 0 Å². The zero-order valence-corrected chi connectivity index (χ0v) is 20.2. The van der Waals surface area contributed by atoms with E-state index in [4.69, 9.17) is 10.8 Å². The summed E-state index contributed by atoms with van der Waals surface area (Å²) in [5, 5.41) is 21.1. The first-order valence-corrected chi connectivity index (χ1v) is 12.4. The van der Waals surface area contributed by atoms with Gasteiger partial charge in [0, 0.05) is 55.4 Å². The van der Waals surface area contributed by atoms with Crippen molar-refractivity contribution < 1.29 is 4.79 Å². The number of carbonyl (C=O) groups excluding carboxylic acids is 1. The minimum atomic E-state index is -0.387. The predicted octanol–water partition coefficient (Wildman–Crippen LogP) is 4.06. The van der Waals surface area contributed by atoms with Crippen molar-refractivity contribution in [3.05, 3.63) is 36.0 Å². The van der Waals surface area contributed by atoms with Crippen LogP contribution in [0.25, 0.3) is 10.9 Å². The molecule has 1 atom stereocenters. The number of nitrogens with zero attached hydrogens (tertiary/aromatic N) is 2. The number of rotatable bonds is 7. The molecular formula is C24H36N6OS. The Hall–Kier alpha value is -2.32. The fraction of sp³-hybridized carbons (Fsp3) is 0.542. The smallest absolute Gasteiger partial charge is 0.276 e. The largest absolute Gasteiger partial charge is 0.361 e. The highest BCUT2D eigenvalue weighted by molar-refractivity contribution is 8.27. The fourth-order valence-corrected chi connectivity index (χ4v) is 4.80. The lowest BCUT2D eigenvalue weighted by atomic mass is 10.0. The Labute approximate surface area is 195 Å². The Bertz CT molecular complexity index is 931. The Morgan fingerprint density at radius 1 is 1.19 bits per heavy atom. The summed E-state index contributed by atoms with van der Waals surface area (Å²) < 4.78 is 0.